The Labute approximate surface area is 107 Å². The minimum Gasteiger partial charge on any atom is -0.493 e. The monoisotopic (exact) mass is 254 g/mol. The molecule has 1 unspecified atom stereocenters. The highest BCUT2D eigenvalue weighted by atomic mass is 19.1. The predicted octanol–water partition coefficient (Wildman–Crippen LogP) is 2.80. The summed E-state index contributed by atoms with van der Waals surface area (Å²) >= 11 is 0. The summed E-state index contributed by atoms with van der Waals surface area (Å²) in [4.78, 5) is 0. The SMILES string of the molecule is COc1cc(CC2(O)CC2)cc(C(C)F)c1OC. The number of ether oxygens (including phenoxy) is 2. The van der Waals surface area contributed by atoms with E-state index in [1.165, 1.54) is 21.1 Å². The summed E-state index contributed by atoms with van der Waals surface area (Å²) in [5, 5.41) is 9.94. The van der Waals surface area contributed by atoms with Crippen LogP contribution in [0.5, 0.6) is 11.5 Å². The van der Waals surface area contributed by atoms with Gasteiger partial charge in [0, 0.05) is 12.0 Å². The molecule has 2 rings (SSSR count). The van der Waals surface area contributed by atoms with Gasteiger partial charge in [0.25, 0.3) is 0 Å². The largest absolute Gasteiger partial charge is 0.493 e. The van der Waals surface area contributed by atoms with Gasteiger partial charge in [0.2, 0.25) is 0 Å². The first-order valence-electron chi connectivity index (χ1n) is 6.10. The van der Waals surface area contributed by atoms with Crippen molar-refractivity contribution in [2.75, 3.05) is 14.2 Å². The molecule has 0 amide bonds. The summed E-state index contributed by atoms with van der Waals surface area (Å²) in [6.45, 7) is 1.47. The predicted molar refractivity (Wildman–Crippen MR) is 67.0 cm³/mol. The number of rotatable bonds is 5. The molecule has 3 nitrogen and oxygen atoms in total. The van der Waals surface area contributed by atoms with E-state index >= 15 is 0 Å². The molecule has 0 aromatic heterocycles. The lowest BCUT2D eigenvalue weighted by molar-refractivity contribution is 0.150. The quantitative estimate of drug-likeness (QED) is 0.878. The highest BCUT2D eigenvalue weighted by molar-refractivity contribution is 5.50. The molecule has 0 aliphatic heterocycles. The molecule has 0 radical (unpaired) electrons. The summed E-state index contributed by atoms with van der Waals surface area (Å²) in [6.07, 6.45) is 1.01. The van der Waals surface area contributed by atoms with E-state index in [9.17, 15) is 9.50 Å². The molecule has 0 spiro atoms. The van der Waals surface area contributed by atoms with Crippen molar-refractivity contribution in [2.45, 2.75) is 38.0 Å². The molecule has 1 N–H and O–H groups in total. The van der Waals surface area contributed by atoms with Gasteiger partial charge < -0.3 is 14.6 Å². The second kappa shape index (κ2) is 4.76. The Morgan fingerprint density at radius 1 is 1.33 bits per heavy atom. The molecule has 1 aromatic carbocycles. The standard InChI is InChI=1S/C14H19FO3/c1-9(15)11-6-10(8-14(16)4-5-14)7-12(17-2)13(11)18-3/h6-7,9,16H,4-5,8H2,1-3H3. The summed E-state index contributed by atoms with van der Waals surface area (Å²) in [5.74, 6) is 0.942. The smallest absolute Gasteiger partial charge is 0.166 e. The molecule has 1 aromatic rings. The zero-order chi connectivity index (χ0) is 13.3. The second-order valence-electron chi connectivity index (χ2n) is 4.94. The van der Waals surface area contributed by atoms with Gasteiger partial charge in [-0.25, -0.2) is 4.39 Å². The van der Waals surface area contributed by atoms with Crippen LogP contribution in [0, 0.1) is 0 Å². The Morgan fingerprint density at radius 3 is 2.44 bits per heavy atom. The summed E-state index contributed by atoms with van der Waals surface area (Å²) in [6, 6.07) is 3.56. The molecule has 1 aliphatic rings. The first-order valence-corrected chi connectivity index (χ1v) is 6.10. The minimum absolute atomic E-state index is 0.430. The van der Waals surface area contributed by atoms with Crippen molar-refractivity contribution in [3.8, 4) is 11.5 Å². The molecule has 100 valence electrons. The number of aliphatic hydroxyl groups is 1. The van der Waals surface area contributed by atoms with Crippen molar-refractivity contribution in [2.24, 2.45) is 0 Å². The zero-order valence-corrected chi connectivity index (χ0v) is 11.0. The van der Waals surface area contributed by atoms with Crippen LogP contribution in [0.25, 0.3) is 0 Å². The molecule has 1 atom stereocenters. The highest BCUT2D eigenvalue weighted by Gasteiger charge is 2.40. The summed E-state index contributed by atoms with van der Waals surface area (Å²) in [5.41, 5.74) is 0.749. The van der Waals surface area contributed by atoms with Gasteiger partial charge in [0.15, 0.2) is 11.5 Å². The first-order chi connectivity index (χ1) is 8.49. The fourth-order valence-electron chi connectivity index (χ4n) is 2.15. The van der Waals surface area contributed by atoms with E-state index in [4.69, 9.17) is 9.47 Å². The summed E-state index contributed by atoms with van der Waals surface area (Å²) in [7, 11) is 3.03. The minimum atomic E-state index is -1.14. The molecule has 1 aliphatic carbocycles. The van der Waals surface area contributed by atoms with Crippen LogP contribution in [0.2, 0.25) is 0 Å². The number of halogens is 1. The number of alkyl halides is 1. The van der Waals surface area contributed by atoms with Crippen molar-refractivity contribution < 1.29 is 19.0 Å². The normalized spacial score (nSPS) is 18.3. The Balaban J connectivity index is 2.39. The van der Waals surface area contributed by atoms with Crippen LogP contribution in [0.3, 0.4) is 0 Å². The molecule has 4 heteroatoms. The molecular formula is C14H19FO3. The zero-order valence-electron chi connectivity index (χ0n) is 11.0. The van der Waals surface area contributed by atoms with Crippen LogP contribution >= 0.6 is 0 Å². The molecule has 18 heavy (non-hydrogen) atoms. The molecule has 1 saturated carbocycles. The van der Waals surface area contributed by atoms with Gasteiger partial charge in [-0.05, 0) is 37.5 Å². The maximum atomic E-state index is 13.6. The molecule has 0 heterocycles. The van der Waals surface area contributed by atoms with Crippen LogP contribution in [0.4, 0.5) is 4.39 Å². The lowest BCUT2D eigenvalue weighted by atomic mass is 10.0. The van der Waals surface area contributed by atoms with E-state index in [2.05, 4.69) is 0 Å². The molecule has 1 fully saturated rings. The maximum Gasteiger partial charge on any atom is 0.166 e. The highest BCUT2D eigenvalue weighted by Crippen LogP contribution is 2.42. The Kier molecular flexibility index (Phi) is 3.48. The first kappa shape index (κ1) is 13.1. The van der Waals surface area contributed by atoms with E-state index in [-0.39, 0.29) is 0 Å². The van der Waals surface area contributed by atoms with E-state index < -0.39 is 11.8 Å². The van der Waals surface area contributed by atoms with Crippen molar-refractivity contribution >= 4 is 0 Å². The Hall–Kier alpha value is -1.29. The van der Waals surface area contributed by atoms with Crippen LogP contribution in [0.1, 0.15) is 37.1 Å². The number of benzene rings is 1. The lowest BCUT2D eigenvalue weighted by Gasteiger charge is -2.17. The molecule has 0 bridgehead atoms. The van der Waals surface area contributed by atoms with Gasteiger partial charge in [0.1, 0.15) is 6.17 Å². The van der Waals surface area contributed by atoms with Crippen molar-refractivity contribution in [3.05, 3.63) is 23.3 Å². The van der Waals surface area contributed by atoms with Crippen molar-refractivity contribution in [1.82, 2.24) is 0 Å². The van der Waals surface area contributed by atoms with Crippen molar-refractivity contribution in [1.29, 1.82) is 0 Å². The average molecular weight is 254 g/mol. The van der Waals surface area contributed by atoms with Gasteiger partial charge in [-0.2, -0.15) is 0 Å². The van der Waals surface area contributed by atoms with Gasteiger partial charge in [-0.15, -0.1) is 0 Å². The molecule has 0 saturated heterocycles. The third-order valence-corrected chi connectivity index (χ3v) is 3.36. The van der Waals surface area contributed by atoms with Crippen LogP contribution in [-0.4, -0.2) is 24.9 Å². The number of hydrogen-bond donors (Lipinski definition) is 1. The van der Waals surface area contributed by atoms with E-state index in [1.54, 1.807) is 12.1 Å². The lowest BCUT2D eigenvalue weighted by Crippen LogP contribution is -2.11. The van der Waals surface area contributed by atoms with Gasteiger partial charge >= 0.3 is 0 Å². The van der Waals surface area contributed by atoms with E-state index in [1.807, 2.05) is 0 Å². The number of hydrogen-bond acceptors (Lipinski definition) is 3. The summed E-state index contributed by atoms with van der Waals surface area (Å²) < 4.78 is 24.1. The van der Waals surface area contributed by atoms with Crippen LogP contribution in [-0.2, 0) is 6.42 Å². The average Bonchev–Trinajstić information content (AvgIpc) is 3.05. The fraction of sp³-hybridized carbons (Fsp3) is 0.571. The van der Waals surface area contributed by atoms with Gasteiger partial charge in [-0.3, -0.25) is 0 Å². The van der Waals surface area contributed by atoms with E-state index in [0.29, 0.717) is 23.5 Å². The van der Waals surface area contributed by atoms with Crippen molar-refractivity contribution in [3.63, 3.8) is 0 Å². The van der Waals surface area contributed by atoms with Crippen LogP contribution < -0.4 is 9.47 Å². The Bertz CT molecular complexity index is 439. The topological polar surface area (TPSA) is 38.7 Å². The van der Waals surface area contributed by atoms with Crippen LogP contribution in [0.15, 0.2) is 12.1 Å². The number of methoxy groups -OCH3 is 2. The van der Waals surface area contributed by atoms with Gasteiger partial charge in [0.05, 0.1) is 19.8 Å². The fourth-order valence-corrected chi connectivity index (χ4v) is 2.15. The maximum absolute atomic E-state index is 13.6. The van der Waals surface area contributed by atoms with Gasteiger partial charge in [-0.1, -0.05) is 0 Å². The second-order valence-corrected chi connectivity index (χ2v) is 4.94. The Morgan fingerprint density at radius 2 is 2.00 bits per heavy atom. The van der Waals surface area contributed by atoms with E-state index in [0.717, 1.165) is 18.4 Å². The third-order valence-electron chi connectivity index (χ3n) is 3.36. The molecular weight excluding hydrogens is 235 g/mol. The third kappa shape index (κ3) is 2.58.